The highest BCUT2D eigenvalue weighted by atomic mass is 19.1. The van der Waals surface area contributed by atoms with Crippen molar-refractivity contribution < 1.29 is 9.13 Å². The Labute approximate surface area is 167 Å². The summed E-state index contributed by atoms with van der Waals surface area (Å²) >= 11 is 0. The van der Waals surface area contributed by atoms with Gasteiger partial charge in [-0.05, 0) is 43.4 Å². The highest BCUT2D eigenvalue weighted by Gasteiger charge is 2.10. The van der Waals surface area contributed by atoms with E-state index in [1.54, 1.807) is 43.6 Å². The molecule has 150 valence electrons. The molecular formula is C21H22FN5O2. The van der Waals surface area contributed by atoms with Crippen LogP contribution in [0.5, 0.6) is 0 Å². The SMILES string of the molecule is C=C/C(=C\C=C(/C)OC)c1nc2nc(CNC3=CC=CC(F)C=C3)cc(=O)n2[nH]1. The molecule has 0 saturated carbocycles. The number of hydrogen-bond acceptors (Lipinski definition) is 5. The Hall–Kier alpha value is -3.68. The molecule has 29 heavy (non-hydrogen) atoms. The molecule has 2 N–H and O–H groups in total. The van der Waals surface area contributed by atoms with E-state index in [9.17, 15) is 9.18 Å². The number of fused-ring (bicyclic) bond motifs is 1. The Morgan fingerprint density at radius 3 is 3.00 bits per heavy atom. The molecule has 0 spiro atoms. The molecular weight excluding hydrogens is 373 g/mol. The number of hydrogen-bond donors (Lipinski definition) is 2. The minimum absolute atomic E-state index is 0.249. The van der Waals surface area contributed by atoms with Crippen molar-refractivity contribution in [1.82, 2.24) is 24.9 Å². The Balaban J connectivity index is 1.85. The fraction of sp³-hybridized carbons (Fsp3) is 0.190. The monoisotopic (exact) mass is 395 g/mol. The van der Waals surface area contributed by atoms with Crippen LogP contribution in [0.4, 0.5) is 4.39 Å². The fourth-order valence-corrected chi connectivity index (χ4v) is 2.56. The predicted octanol–water partition coefficient (Wildman–Crippen LogP) is 2.97. The molecule has 8 heteroatoms. The fourth-order valence-electron chi connectivity index (χ4n) is 2.56. The molecule has 0 bridgehead atoms. The average molecular weight is 395 g/mol. The van der Waals surface area contributed by atoms with Gasteiger partial charge in [0.15, 0.2) is 5.82 Å². The van der Waals surface area contributed by atoms with Crippen molar-refractivity contribution in [3.05, 3.63) is 94.6 Å². The molecule has 1 aliphatic rings. The largest absolute Gasteiger partial charge is 0.501 e. The zero-order valence-corrected chi connectivity index (χ0v) is 16.2. The molecule has 0 radical (unpaired) electrons. The number of nitrogens with zero attached hydrogens (tertiary/aromatic N) is 3. The number of aromatic nitrogens is 4. The van der Waals surface area contributed by atoms with E-state index >= 15 is 0 Å². The van der Waals surface area contributed by atoms with Crippen LogP contribution in [0.3, 0.4) is 0 Å². The summed E-state index contributed by atoms with van der Waals surface area (Å²) < 4.78 is 19.7. The molecule has 1 unspecified atom stereocenters. The van der Waals surface area contributed by atoms with Gasteiger partial charge in [0.1, 0.15) is 6.17 Å². The van der Waals surface area contributed by atoms with Gasteiger partial charge >= 0.3 is 0 Å². The summed E-state index contributed by atoms with van der Waals surface area (Å²) in [6.45, 7) is 5.91. The zero-order valence-electron chi connectivity index (χ0n) is 16.2. The second-order valence-corrected chi connectivity index (χ2v) is 6.26. The minimum Gasteiger partial charge on any atom is -0.501 e. The summed E-state index contributed by atoms with van der Waals surface area (Å²) in [5, 5.41) is 6.06. The van der Waals surface area contributed by atoms with Crippen LogP contribution in [-0.2, 0) is 11.3 Å². The number of aromatic amines is 1. The first-order valence-electron chi connectivity index (χ1n) is 8.99. The van der Waals surface area contributed by atoms with Crippen molar-refractivity contribution in [2.75, 3.05) is 7.11 Å². The molecule has 2 aromatic heterocycles. The highest BCUT2D eigenvalue weighted by Crippen LogP contribution is 2.13. The van der Waals surface area contributed by atoms with Crippen molar-refractivity contribution in [3.8, 4) is 0 Å². The summed E-state index contributed by atoms with van der Waals surface area (Å²) in [6, 6.07) is 1.42. The first-order chi connectivity index (χ1) is 14.0. The smallest absolute Gasteiger partial charge is 0.274 e. The van der Waals surface area contributed by atoms with Gasteiger partial charge in [-0.15, -0.1) is 0 Å². The van der Waals surface area contributed by atoms with E-state index in [2.05, 4.69) is 27.0 Å². The summed E-state index contributed by atoms with van der Waals surface area (Å²) in [7, 11) is 1.58. The number of rotatable bonds is 7. The summed E-state index contributed by atoms with van der Waals surface area (Å²) in [4.78, 5) is 21.3. The van der Waals surface area contributed by atoms with Crippen LogP contribution in [-0.4, -0.2) is 32.9 Å². The Kier molecular flexibility index (Phi) is 6.23. The van der Waals surface area contributed by atoms with E-state index in [1.807, 2.05) is 6.92 Å². The summed E-state index contributed by atoms with van der Waals surface area (Å²) in [6.07, 6.45) is 12.0. The van der Waals surface area contributed by atoms with Gasteiger partial charge in [-0.25, -0.2) is 9.37 Å². The molecule has 0 saturated heterocycles. The van der Waals surface area contributed by atoms with E-state index in [4.69, 9.17) is 4.74 Å². The van der Waals surface area contributed by atoms with E-state index in [0.29, 0.717) is 23.6 Å². The van der Waals surface area contributed by atoms with Crippen LogP contribution in [0.25, 0.3) is 11.4 Å². The van der Waals surface area contributed by atoms with E-state index in [1.165, 1.54) is 22.7 Å². The third-order valence-corrected chi connectivity index (χ3v) is 4.20. The minimum atomic E-state index is -1.11. The lowest BCUT2D eigenvalue weighted by molar-refractivity contribution is 0.294. The van der Waals surface area contributed by atoms with E-state index in [0.717, 1.165) is 11.5 Å². The van der Waals surface area contributed by atoms with Gasteiger partial charge in [0, 0.05) is 17.3 Å². The maximum absolute atomic E-state index is 13.3. The molecule has 3 rings (SSSR count). The number of ether oxygens (including phenoxy) is 1. The third-order valence-electron chi connectivity index (χ3n) is 4.20. The van der Waals surface area contributed by atoms with Crippen LogP contribution < -0.4 is 10.9 Å². The van der Waals surface area contributed by atoms with Gasteiger partial charge in [-0.2, -0.15) is 9.50 Å². The van der Waals surface area contributed by atoms with Crippen molar-refractivity contribution in [1.29, 1.82) is 0 Å². The number of methoxy groups -OCH3 is 1. The van der Waals surface area contributed by atoms with Gasteiger partial charge in [0.05, 0.1) is 25.1 Å². The topological polar surface area (TPSA) is 84.3 Å². The van der Waals surface area contributed by atoms with Gasteiger partial charge in [0.25, 0.3) is 11.3 Å². The lowest BCUT2D eigenvalue weighted by Gasteiger charge is -2.05. The Bertz CT molecular complexity index is 1120. The quantitative estimate of drug-likeness (QED) is 0.556. The molecule has 0 aromatic carbocycles. The number of H-pyrrole nitrogens is 1. The van der Waals surface area contributed by atoms with Crippen LogP contribution in [0.2, 0.25) is 0 Å². The maximum Gasteiger partial charge on any atom is 0.274 e. The molecule has 1 atom stereocenters. The number of alkyl halides is 1. The van der Waals surface area contributed by atoms with Crippen molar-refractivity contribution in [2.45, 2.75) is 19.6 Å². The maximum atomic E-state index is 13.3. The molecule has 1 aliphatic carbocycles. The van der Waals surface area contributed by atoms with Gasteiger partial charge in [-0.1, -0.05) is 18.7 Å². The van der Waals surface area contributed by atoms with Crippen LogP contribution >= 0.6 is 0 Å². The molecule has 2 heterocycles. The highest BCUT2D eigenvalue weighted by molar-refractivity contribution is 5.71. The zero-order chi connectivity index (χ0) is 20.8. The first kappa shape index (κ1) is 20.1. The lowest BCUT2D eigenvalue weighted by atomic mass is 10.2. The van der Waals surface area contributed by atoms with Crippen molar-refractivity contribution in [2.24, 2.45) is 0 Å². The normalized spacial score (nSPS) is 17.2. The van der Waals surface area contributed by atoms with E-state index in [-0.39, 0.29) is 11.3 Å². The predicted molar refractivity (Wildman–Crippen MR) is 111 cm³/mol. The van der Waals surface area contributed by atoms with Crippen molar-refractivity contribution in [3.63, 3.8) is 0 Å². The lowest BCUT2D eigenvalue weighted by Crippen LogP contribution is -2.19. The van der Waals surface area contributed by atoms with Gasteiger partial charge in [-0.3, -0.25) is 9.89 Å². The first-order valence-corrected chi connectivity index (χ1v) is 8.99. The third kappa shape index (κ3) is 4.98. The number of nitrogens with one attached hydrogen (secondary N) is 2. The Morgan fingerprint density at radius 1 is 1.41 bits per heavy atom. The number of halogens is 1. The molecule has 2 aromatic rings. The molecule has 0 amide bonds. The summed E-state index contributed by atoms with van der Waals surface area (Å²) in [5.74, 6) is 1.43. The van der Waals surface area contributed by atoms with Crippen LogP contribution in [0.1, 0.15) is 18.4 Å². The second kappa shape index (κ2) is 9.01. The molecule has 0 fully saturated rings. The van der Waals surface area contributed by atoms with Gasteiger partial charge < -0.3 is 10.1 Å². The second-order valence-electron chi connectivity index (χ2n) is 6.26. The number of allylic oxidation sites excluding steroid dienone is 10. The molecule has 7 nitrogen and oxygen atoms in total. The standard InChI is InChI=1S/C21H22FN5O2/c1-4-15(9-8-14(2)29-3)20-25-21-24-18(12-19(28)27(21)26-20)13-23-17-7-5-6-16(22)10-11-17/h4-12,16,23H,1,13H2,2-3H3,(H,24,25,26)/b14-8+,15-9+. The summed E-state index contributed by atoms with van der Waals surface area (Å²) in [5.41, 5.74) is 1.65. The Morgan fingerprint density at radius 2 is 2.24 bits per heavy atom. The van der Waals surface area contributed by atoms with Gasteiger partial charge in [0.2, 0.25) is 0 Å². The van der Waals surface area contributed by atoms with Crippen LogP contribution in [0.15, 0.2) is 77.5 Å². The van der Waals surface area contributed by atoms with E-state index < -0.39 is 6.17 Å². The van der Waals surface area contributed by atoms with Crippen LogP contribution in [0, 0.1) is 0 Å². The average Bonchev–Trinajstić information content (AvgIpc) is 3.03. The van der Waals surface area contributed by atoms with Crippen molar-refractivity contribution >= 4 is 11.4 Å². The molecule has 0 aliphatic heterocycles.